The predicted molar refractivity (Wildman–Crippen MR) is 100 cm³/mol. The summed E-state index contributed by atoms with van der Waals surface area (Å²) >= 11 is 5.87. The van der Waals surface area contributed by atoms with Crippen molar-refractivity contribution in [2.45, 2.75) is 4.83 Å². The summed E-state index contributed by atoms with van der Waals surface area (Å²) in [6.07, 6.45) is 14.0. The van der Waals surface area contributed by atoms with Crippen molar-refractivity contribution in [2.24, 2.45) is 5.73 Å². The average molecular weight is 443 g/mol. The Bertz CT molecular complexity index is 707. The van der Waals surface area contributed by atoms with E-state index in [4.69, 9.17) is 5.73 Å². The Balaban J connectivity index is 2.60. The third kappa shape index (κ3) is 3.55. The molecule has 1 aliphatic carbocycles. The molecule has 0 aliphatic heterocycles. The number of allylic oxidation sites excluding steroid dienone is 6. The van der Waals surface area contributed by atoms with Gasteiger partial charge >= 0.3 is 0 Å². The number of aromatic nitrogens is 1. The smallest absolute Gasteiger partial charge is 0.0512 e. The number of H-pyrrole nitrogens is 1. The summed E-state index contributed by atoms with van der Waals surface area (Å²) in [5, 5.41) is 2.23. The highest BCUT2D eigenvalue weighted by Gasteiger charge is 2.08. The highest BCUT2D eigenvalue weighted by atomic mass is 127. The summed E-state index contributed by atoms with van der Waals surface area (Å²) < 4.78 is 0.948. The second-order valence-corrected chi connectivity index (χ2v) is 6.28. The molecule has 1 aromatic heterocycles. The van der Waals surface area contributed by atoms with Crippen LogP contribution in [0.25, 0.3) is 17.7 Å². The van der Waals surface area contributed by atoms with Gasteiger partial charge in [0.05, 0.1) is 4.83 Å². The summed E-state index contributed by atoms with van der Waals surface area (Å²) in [6.45, 7) is 3.77. The molecule has 0 aromatic carbocycles. The third-order valence-electron chi connectivity index (χ3n) is 2.97. The van der Waals surface area contributed by atoms with Crippen molar-refractivity contribution in [3.63, 3.8) is 0 Å². The van der Waals surface area contributed by atoms with Gasteiger partial charge in [0, 0.05) is 26.7 Å². The van der Waals surface area contributed by atoms with Crippen LogP contribution in [0.2, 0.25) is 0 Å². The number of hydrogen-bond acceptors (Lipinski definition) is 1. The second kappa shape index (κ2) is 7.13. The van der Waals surface area contributed by atoms with E-state index in [1.165, 1.54) is 0 Å². The predicted octanol–water partition coefficient (Wildman–Crippen LogP) is 2.76. The van der Waals surface area contributed by atoms with Crippen molar-refractivity contribution < 1.29 is 0 Å². The van der Waals surface area contributed by atoms with Gasteiger partial charge in [0.2, 0.25) is 0 Å². The molecule has 0 spiro atoms. The van der Waals surface area contributed by atoms with Crippen LogP contribution in [0, 0.1) is 0 Å². The van der Waals surface area contributed by atoms with Gasteiger partial charge in [-0.3, -0.25) is 0 Å². The number of alkyl halides is 2. The molecule has 0 bridgehead atoms. The van der Waals surface area contributed by atoms with E-state index in [1.54, 1.807) is 6.08 Å². The zero-order valence-electron chi connectivity index (χ0n) is 10.9. The van der Waals surface area contributed by atoms with Crippen molar-refractivity contribution in [1.29, 1.82) is 0 Å². The first-order valence-electron chi connectivity index (χ1n) is 6.24. The van der Waals surface area contributed by atoms with Crippen LogP contribution < -0.4 is 16.3 Å². The van der Waals surface area contributed by atoms with Crippen LogP contribution in [0.15, 0.2) is 48.7 Å². The third-order valence-corrected chi connectivity index (χ3v) is 4.02. The Hall–Kier alpha value is -1.01. The minimum atomic E-state index is 0.216. The molecule has 4 heteroatoms. The first-order chi connectivity index (χ1) is 9.65. The lowest BCUT2D eigenvalue weighted by molar-refractivity contribution is 1.27. The highest BCUT2D eigenvalue weighted by Crippen LogP contribution is 2.20. The minimum absolute atomic E-state index is 0.216. The molecule has 1 heterocycles. The number of rotatable bonds is 3. The molecule has 20 heavy (non-hydrogen) atoms. The standard InChI is InChI=1S/C16H16BrIN2/c1-2-3-11-10-16(20-15(11)8-9-18)13-6-4-12(17)5-7-14(13)19/h2-8,10,12,20H,1,9,19H2/b11-3-,15-8+. The summed E-state index contributed by atoms with van der Waals surface area (Å²) in [6, 6.07) is 2.11. The Labute approximate surface area is 140 Å². The molecule has 0 amide bonds. The Morgan fingerprint density at radius 1 is 1.40 bits per heavy atom. The number of halogens is 2. The molecule has 1 aliphatic rings. The van der Waals surface area contributed by atoms with Crippen LogP contribution in [-0.4, -0.2) is 14.2 Å². The van der Waals surface area contributed by atoms with Gasteiger partial charge in [-0.15, -0.1) is 0 Å². The SMILES string of the molecule is C=C/C=c1/cc(C2=C(N)C=CC(Br)C=C2)[nH]/c1=C/CI. The van der Waals surface area contributed by atoms with E-state index in [0.717, 1.165) is 32.0 Å². The fourth-order valence-corrected chi connectivity index (χ4v) is 2.77. The zero-order valence-corrected chi connectivity index (χ0v) is 14.7. The topological polar surface area (TPSA) is 41.8 Å². The Kier molecular flexibility index (Phi) is 5.48. The monoisotopic (exact) mass is 442 g/mol. The van der Waals surface area contributed by atoms with E-state index in [-0.39, 0.29) is 4.83 Å². The quantitative estimate of drug-likeness (QED) is 0.548. The molecule has 2 nitrogen and oxygen atoms in total. The molecular formula is C16H16BrIN2. The van der Waals surface area contributed by atoms with Gasteiger partial charge in [0.15, 0.2) is 0 Å². The van der Waals surface area contributed by atoms with Crippen molar-refractivity contribution in [1.82, 2.24) is 4.98 Å². The minimum Gasteiger partial charge on any atom is -0.398 e. The van der Waals surface area contributed by atoms with Crippen LogP contribution in [-0.2, 0) is 0 Å². The van der Waals surface area contributed by atoms with Crippen molar-refractivity contribution in [3.05, 3.63) is 65.0 Å². The molecular weight excluding hydrogens is 427 g/mol. The van der Waals surface area contributed by atoms with Gasteiger partial charge in [-0.25, -0.2) is 0 Å². The lowest BCUT2D eigenvalue weighted by Gasteiger charge is -2.01. The van der Waals surface area contributed by atoms with Gasteiger partial charge in [-0.2, -0.15) is 0 Å². The maximum atomic E-state index is 6.14. The van der Waals surface area contributed by atoms with E-state index in [2.05, 4.69) is 68.3 Å². The lowest BCUT2D eigenvalue weighted by Crippen LogP contribution is -2.21. The van der Waals surface area contributed by atoms with Crippen LogP contribution in [0.3, 0.4) is 0 Å². The maximum absolute atomic E-state index is 6.14. The largest absolute Gasteiger partial charge is 0.398 e. The summed E-state index contributed by atoms with van der Waals surface area (Å²) in [5.74, 6) is 0. The molecule has 3 N–H and O–H groups in total. The van der Waals surface area contributed by atoms with E-state index >= 15 is 0 Å². The molecule has 104 valence electrons. The van der Waals surface area contributed by atoms with Crippen molar-refractivity contribution >= 4 is 56.2 Å². The molecule has 2 rings (SSSR count). The summed E-state index contributed by atoms with van der Waals surface area (Å²) in [5.41, 5.74) is 8.93. The number of nitrogens with two attached hydrogens (primary N) is 1. The number of nitrogens with one attached hydrogen (secondary N) is 1. The van der Waals surface area contributed by atoms with Crippen molar-refractivity contribution in [2.75, 3.05) is 4.43 Å². The van der Waals surface area contributed by atoms with Gasteiger partial charge < -0.3 is 10.7 Å². The summed E-state index contributed by atoms with van der Waals surface area (Å²) in [7, 11) is 0. The second-order valence-electron chi connectivity index (χ2n) is 4.34. The van der Waals surface area contributed by atoms with Gasteiger partial charge in [-0.05, 0) is 17.4 Å². The molecule has 0 fully saturated rings. The highest BCUT2D eigenvalue weighted by molar-refractivity contribution is 14.1. The lowest BCUT2D eigenvalue weighted by atomic mass is 10.1. The molecule has 1 unspecified atom stereocenters. The van der Waals surface area contributed by atoms with Crippen molar-refractivity contribution in [3.8, 4) is 0 Å². The molecule has 0 saturated carbocycles. The van der Waals surface area contributed by atoms with E-state index in [1.807, 2.05) is 24.3 Å². The molecule has 0 radical (unpaired) electrons. The van der Waals surface area contributed by atoms with Gasteiger partial charge in [-0.1, -0.05) is 81.6 Å². The van der Waals surface area contributed by atoms with Gasteiger partial charge in [0.25, 0.3) is 0 Å². The Morgan fingerprint density at radius 2 is 2.15 bits per heavy atom. The fourth-order valence-electron chi connectivity index (χ4n) is 2.02. The van der Waals surface area contributed by atoms with Crippen LogP contribution in [0.1, 0.15) is 5.69 Å². The maximum Gasteiger partial charge on any atom is 0.0512 e. The molecule has 1 atom stereocenters. The molecule has 1 aromatic rings. The summed E-state index contributed by atoms with van der Waals surface area (Å²) in [4.78, 5) is 3.65. The average Bonchev–Trinajstić information content (AvgIpc) is 2.72. The first-order valence-corrected chi connectivity index (χ1v) is 8.68. The van der Waals surface area contributed by atoms with E-state index in [0.29, 0.717) is 0 Å². The zero-order chi connectivity index (χ0) is 14.5. The normalized spacial score (nSPS) is 20.6. The number of hydrogen-bond donors (Lipinski definition) is 2. The van der Waals surface area contributed by atoms with E-state index < -0.39 is 0 Å². The van der Waals surface area contributed by atoms with Crippen LogP contribution in [0.5, 0.6) is 0 Å². The first kappa shape index (κ1) is 15.4. The van der Waals surface area contributed by atoms with Crippen LogP contribution in [0.4, 0.5) is 0 Å². The van der Waals surface area contributed by atoms with E-state index in [9.17, 15) is 0 Å². The van der Waals surface area contributed by atoms with Gasteiger partial charge in [0.1, 0.15) is 0 Å². The Morgan fingerprint density at radius 3 is 2.85 bits per heavy atom. The fraction of sp³-hybridized carbons (Fsp3) is 0.125. The number of aromatic amines is 1. The van der Waals surface area contributed by atoms with Crippen LogP contribution >= 0.6 is 38.5 Å². The molecule has 0 saturated heterocycles.